The first-order valence-electron chi connectivity index (χ1n) is 5.73. The summed E-state index contributed by atoms with van der Waals surface area (Å²) in [5.41, 5.74) is 0.123. The number of nitro benzene ring substituents is 1. The average molecular weight is 295 g/mol. The number of nitrogens with zero attached hydrogens (tertiary/aromatic N) is 1. The van der Waals surface area contributed by atoms with Gasteiger partial charge in [0, 0.05) is 24.8 Å². The fourth-order valence-electron chi connectivity index (χ4n) is 1.48. The van der Waals surface area contributed by atoms with Gasteiger partial charge in [0.2, 0.25) is 0 Å². The monoisotopic (exact) mass is 295 g/mol. The molecule has 1 aromatic carbocycles. The van der Waals surface area contributed by atoms with Gasteiger partial charge in [-0.05, 0) is 18.1 Å². The molecule has 0 spiro atoms. The minimum Gasteiger partial charge on any atom is -0.478 e. The van der Waals surface area contributed by atoms with Gasteiger partial charge in [-0.25, -0.2) is 4.79 Å². The lowest BCUT2D eigenvalue weighted by Gasteiger charge is -2.01. The van der Waals surface area contributed by atoms with Gasteiger partial charge in [0.1, 0.15) is 0 Å². The van der Waals surface area contributed by atoms with Gasteiger partial charge in [-0.3, -0.25) is 14.9 Å². The van der Waals surface area contributed by atoms with Crippen LogP contribution in [0.4, 0.5) is 5.69 Å². The zero-order valence-electron chi connectivity index (χ0n) is 10.7. The molecule has 1 rings (SSSR count). The Balaban J connectivity index is 2.87. The van der Waals surface area contributed by atoms with E-state index in [0.29, 0.717) is 12.2 Å². The lowest BCUT2D eigenvalue weighted by Crippen LogP contribution is -2.00. The molecule has 1 N–H and O–H groups in total. The third-order valence-corrected chi connectivity index (χ3v) is 3.21. The molecule has 0 unspecified atom stereocenters. The molecular weight excluding hydrogens is 282 g/mol. The summed E-state index contributed by atoms with van der Waals surface area (Å²) in [6, 6.07) is 3.59. The molecule has 0 radical (unpaired) electrons. The topological polar surface area (TPSA) is 97.5 Å². The van der Waals surface area contributed by atoms with Crippen molar-refractivity contribution in [1.29, 1.82) is 0 Å². The molecule has 1 aromatic rings. The summed E-state index contributed by atoms with van der Waals surface area (Å²) in [6.45, 7) is 1.47. The van der Waals surface area contributed by atoms with Crippen LogP contribution in [0.2, 0.25) is 0 Å². The van der Waals surface area contributed by atoms with Crippen LogP contribution in [0.15, 0.2) is 24.3 Å². The second-order valence-electron chi connectivity index (χ2n) is 3.86. The van der Waals surface area contributed by atoms with E-state index in [2.05, 4.69) is 0 Å². The van der Waals surface area contributed by atoms with Crippen molar-refractivity contribution in [2.24, 2.45) is 0 Å². The van der Waals surface area contributed by atoms with Crippen molar-refractivity contribution in [2.75, 3.05) is 5.75 Å². The summed E-state index contributed by atoms with van der Waals surface area (Å²) in [5, 5.41) is 19.7. The maximum Gasteiger partial charge on any atom is 0.336 e. The van der Waals surface area contributed by atoms with Crippen LogP contribution in [0.25, 0.3) is 6.08 Å². The van der Waals surface area contributed by atoms with Gasteiger partial charge in [0.25, 0.3) is 5.69 Å². The van der Waals surface area contributed by atoms with E-state index >= 15 is 0 Å². The number of carbonyl (C=O) groups excluding carboxylic acids is 1. The Bertz CT molecular complexity index is 568. The number of carbonyl (C=O) groups is 2. The molecule has 0 bridgehead atoms. The normalized spacial score (nSPS) is 10.7. The van der Waals surface area contributed by atoms with Gasteiger partial charge in [-0.1, -0.05) is 23.9 Å². The quantitative estimate of drug-likeness (QED) is 0.492. The van der Waals surface area contributed by atoms with Gasteiger partial charge in [0.05, 0.1) is 10.5 Å². The Morgan fingerprint density at radius 2 is 2.15 bits per heavy atom. The highest BCUT2D eigenvalue weighted by Crippen LogP contribution is 2.20. The molecule has 0 fully saturated rings. The van der Waals surface area contributed by atoms with Crippen LogP contribution in [-0.4, -0.2) is 26.9 Å². The Labute approximate surface area is 119 Å². The van der Waals surface area contributed by atoms with Crippen molar-refractivity contribution >= 4 is 34.6 Å². The Kier molecular flexibility index (Phi) is 5.92. The molecule has 0 heterocycles. The number of rotatable bonds is 6. The van der Waals surface area contributed by atoms with E-state index in [4.69, 9.17) is 5.11 Å². The first-order valence-corrected chi connectivity index (χ1v) is 6.72. The van der Waals surface area contributed by atoms with Crippen molar-refractivity contribution in [3.63, 3.8) is 0 Å². The predicted molar refractivity (Wildman–Crippen MR) is 76.8 cm³/mol. The highest BCUT2D eigenvalue weighted by molar-refractivity contribution is 8.13. The largest absolute Gasteiger partial charge is 0.478 e. The zero-order chi connectivity index (χ0) is 15.1. The average Bonchev–Trinajstić information content (AvgIpc) is 2.37. The number of nitro groups is 1. The molecular formula is C13H13NO5S. The molecule has 0 saturated heterocycles. The molecule has 0 aliphatic carbocycles. The molecule has 0 saturated carbocycles. The van der Waals surface area contributed by atoms with Crippen LogP contribution < -0.4 is 0 Å². The van der Waals surface area contributed by atoms with Crippen LogP contribution in [0.1, 0.15) is 29.3 Å². The fraction of sp³-hybridized carbons (Fsp3) is 0.231. The highest BCUT2D eigenvalue weighted by atomic mass is 32.2. The lowest BCUT2D eigenvalue weighted by molar-refractivity contribution is -0.384. The molecule has 6 nitrogen and oxygen atoms in total. The minimum absolute atomic E-state index is 0.00562. The second kappa shape index (κ2) is 7.44. The van der Waals surface area contributed by atoms with Gasteiger partial charge in [-0.2, -0.15) is 0 Å². The van der Waals surface area contributed by atoms with E-state index in [1.165, 1.54) is 36.9 Å². The summed E-state index contributed by atoms with van der Waals surface area (Å²) >= 11 is 1.17. The summed E-state index contributed by atoms with van der Waals surface area (Å²) in [7, 11) is 0. The number of allylic oxidation sites excluding steroid dienone is 1. The van der Waals surface area contributed by atoms with Crippen molar-refractivity contribution in [2.45, 2.75) is 13.3 Å². The standard InChI is InChI=1S/C13H13NO5S/c1-9(15)20-7-3-2-4-10-8-11(14(18)19)5-6-12(10)13(16)17/h2,4-6,8H,3,7H2,1H3,(H,16,17). The highest BCUT2D eigenvalue weighted by Gasteiger charge is 2.13. The number of non-ortho nitro benzene ring substituents is 1. The number of thioether (sulfide) groups is 1. The Morgan fingerprint density at radius 1 is 1.45 bits per heavy atom. The first kappa shape index (κ1) is 15.9. The number of aromatic carboxylic acids is 1. The van der Waals surface area contributed by atoms with Crippen LogP contribution in [0.5, 0.6) is 0 Å². The van der Waals surface area contributed by atoms with Crippen LogP contribution >= 0.6 is 11.8 Å². The first-order chi connectivity index (χ1) is 9.41. The smallest absolute Gasteiger partial charge is 0.336 e. The van der Waals surface area contributed by atoms with E-state index in [0.717, 1.165) is 6.07 Å². The maximum atomic E-state index is 11.0. The van der Waals surface area contributed by atoms with E-state index in [9.17, 15) is 19.7 Å². The summed E-state index contributed by atoms with van der Waals surface area (Å²) in [4.78, 5) is 31.9. The van der Waals surface area contributed by atoms with Crippen molar-refractivity contribution in [3.8, 4) is 0 Å². The molecule has 0 amide bonds. The fourth-order valence-corrected chi connectivity index (χ4v) is 2.02. The number of benzene rings is 1. The third-order valence-electron chi connectivity index (χ3n) is 2.36. The number of hydrogen-bond donors (Lipinski definition) is 1. The molecule has 0 aliphatic heterocycles. The predicted octanol–water partition coefficient (Wildman–Crippen LogP) is 2.98. The van der Waals surface area contributed by atoms with E-state index in [-0.39, 0.29) is 21.9 Å². The number of carboxylic acids is 1. The van der Waals surface area contributed by atoms with Gasteiger partial charge >= 0.3 is 5.97 Å². The number of carboxylic acid groups (broad SMARTS) is 1. The minimum atomic E-state index is -1.14. The molecule has 20 heavy (non-hydrogen) atoms. The van der Waals surface area contributed by atoms with Crippen molar-refractivity contribution < 1.29 is 19.6 Å². The van der Waals surface area contributed by atoms with Crippen LogP contribution in [0, 0.1) is 10.1 Å². The van der Waals surface area contributed by atoms with E-state index in [1.54, 1.807) is 6.08 Å². The van der Waals surface area contributed by atoms with Crippen LogP contribution in [-0.2, 0) is 4.79 Å². The lowest BCUT2D eigenvalue weighted by atomic mass is 10.1. The van der Waals surface area contributed by atoms with E-state index < -0.39 is 10.9 Å². The zero-order valence-corrected chi connectivity index (χ0v) is 11.6. The maximum absolute atomic E-state index is 11.0. The Hall–Kier alpha value is -2.15. The molecule has 7 heteroatoms. The molecule has 106 valence electrons. The molecule has 0 atom stereocenters. The SMILES string of the molecule is CC(=O)SCCC=Cc1cc([N+](=O)[O-])ccc1C(=O)O. The Morgan fingerprint density at radius 3 is 2.70 bits per heavy atom. The summed E-state index contributed by atoms with van der Waals surface area (Å²) in [6.07, 6.45) is 3.80. The third kappa shape index (κ3) is 4.85. The van der Waals surface area contributed by atoms with E-state index in [1.807, 2.05) is 0 Å². The van der Waals surface area contributed by atoms with Gasteiger partial charge in [-0.15, -0.1) is 0 Å². The summed E-state index contributed by atoms with van der Waals surface area (Å²) < 4.78 is 0. The van der Waals surface area contributed by atoms with Gasteiger partial charge in [0.15, 0.2) is 5.12 Å². The van der Waals surface area contributed by atoms with Crippen molar-refractivity contribution in [3.05, 3.63) is 45.5 Å². The van der Waals surface area contributed by atoms with Gasteiger partial charge < -0.3 is 5.11 Å². The summed E-state index contributed by atoms with van der Waals surface area (Å²) in [5.74, 6) is -0.555. The molecule has 0 aromatic heterocycles. The van der Waals surface area contributed by atoms with Crippen molar-refractivity contribution in [1.82, 2.24) is 0 Å². The molecule has 0 aliphatic rings. The second-order valence-corrected chi connectivity index (χ2v) is 5.14. The van der Waals surface area contributed by atoms with Crippen LogP contribution in [0.3, 0.4) is 0 Å². The number of hydrogen-bond acceptors (Lipinski definition) is 5.